The molecule has 0 radical (unpaired) electrons. The molecule has 0 bridgehead atoms. The summed E-state index contributed by atoms with van der Waals surface area (Å²) in [6.45, 7) is 0.638. The Morgan fingerprint density at radius 1 is 1.18 bits per heavy atom. The molecule has 0 aliphatic carbocycles. The van der Waals surface area contributed by atoms with E-state index in [0.29, 0.717) is 36.0 Å². The zero-order chi connectivity index (χ0) is 24.1. The van der Waals surface area contributed by atoms with E-state index in [-0.39, 0.29) is 18.2 Å². The molecule has 34 heavy (non-hydrogen) atoms. The topological polar surface area (TPSA) is 104 Å². The molecule has 1 atom stereocenters. The SMILES string of the molecule is COc1cc2c(cc1OC)[C@@H](COc1ccc([N+](=O)[O-])cc1)N(C(=O)/C=C/c1ccco1)CC2. The number of methoxy groups -OCH3 is 2. The maximum Gasteiger partial charge on any atom is 0.269 e. The van der Waals surface area contributed by atoms with Crippen LogP contribution in [-0.4, -0.2) is 43.1 Å². The monoisotopic (exact) mass is 464 g/mol. The Labute approximate surface area is 196 Å². The lowest BCUT2D eigenvalue weighted by molar-refractivity contribution is -0.384. The van der Waals surface area contributed by atoms with Crippen molar-refractivity contribution in [3.63, 3.8) is 0 Å². The first kappa shape index (κ1) is 22.9. The normalized spacial score (nSPS) is 15.1. The van der Waals surface area contributed by atoms with Crippen molar-refractivity contribution >= 4 is 17.7 Å². The summed E-state index contributed by atoms with van der Waals surface area (Å²) >= 11 is 0. The largest absolute Gasteiger partial charge is 0.493 e. The van der Waals surface area contributed by atoms with Crippen LogP contribution in [0.5, 0.6) is 17.2 Å². The number of benzene rings is 2. The first-order chi connectivity index (χ1) is 16.5. The number of hydrogen-bond donors (Lipinski definition) is 0. The maximum absolute atomic E-state index is 13.1. The van der Waals surface area contributed by atoms with Crippen molar-refractivity contribution in [3.05, 3.63) is 87.9 Å². The molecule has 2 heterocycles. The smallest absolute Gasteiger partial charge is 0.269 e. The fourth-order valence-corrected chi connectivity index (χ4v) is 3.95. The van der Waals surface area contributed by atoms with Crippen molar-refractivity contribution in [1.29, 1.82) is 0 Å². The standard InChI is InChI=1S/C25H24N2O7/c1-31-23-14-17-11-12-26(25(28)10-9-19-4-3-13-33-19)22(21(17)15-24(23)32-2)16-34-20-7-5-18(6-8-20)27(29)30/h3-10,13-15,22H,11-12,16H2,1-2H3/b10-9+/t22-/m1/s1. The van der Waals surface area contributed by atoms with E-state index in [2.05, 4.69) is 0 Å². The van der Waals surface area contributed by atoms with E-state index in [1.54, 1.807) is 55.7 Å². The maximum atomic E-state index is 13.1. The number of nitrogens with zero attached hydrogens (tertiary/aromatic N) is 2. The van der Waals surface area contributed by atoms with Crippen LogP contribution in [-0.2, 0) is 11.2 Å². The van der Waals surface area contributed by atoms with Gasteiger partial charge in [0.15, 0.2) is 11.5 Å². The minimum absolute atomic E-state index is 0.0212. The lowest BCUT2D eigenvalue weighted by atomic mass is 9.92. The van der Waals surface area contributed by atoms with Gasteiger partial charge in [-0.15, -0.1) is 0 Å². The van der Waals surface area contributed by atoms with E-state index in [9.17, 15) is 14.9 Å². The predicted molar refractivity (Wildman–Crippen MR) is 124 cm³/mol. The number of carbonyl (C=O) groups excluding carboxylic acids is 1. The van der Waals surface area contributed by atoms with Gasteiger partial charge in [0, 0.05) is 24.8 Å². The Bertz CT molecular complexity index is 1190. The molecule has 1 aliphatic rings. The number of carbonyl (C=O) groups is 1. The van der Waals surface area contributed by atoms with Crippen molar-refractivity contribution in [2.75, 3.05) is 27.4 Å². The highest BCUT2D eigenvalue weighted by molar-refractivity contribution is 5.92. The van der Waals surface area contributed by atoms with Gasteiger partial charge in [-0.2, -0.15) is 0 Å². The molecule has 176 valence electrons. The fourth-order valence-electron chi connectivity index (χ4n) is 3.95. The Kier molecular flexibility index (Phi) is 6.82. The number of furan rings is 1. The molecule has 0 saturated carbocycles. The van der Waals surface area contributed by atoms with Crippen LogP contribution in [0.3, 0.4) is 0 Å². The van der Waals surface area contributed by atoms with Gasteiger partial charge in [0.2, 0.25) is 5.91 Å². The van der Waals surface area contributed by atoms with E-state index >= 15 is 0 Å². The van der Waals surface area contributed by atoms with Crippen LogP contribution in [0.25, 0.3) is 6.08 Å². The first-order valence-corrected chi connectivity index (χ1v) is 10.6. The quantitative estimate of drug-likeness (QED) is 0.276. The van der Waals surface area contributed by atoms with Crippen molar-refractivity contribution in [2.45, 2.75) is 12.5 Å². The Balaban J connectivity index is 1.63. The van der Waals surface area contributed by atoms with Gasteiger partial charge < -0.3 is 23.5 Å². The van der Waals surface area contributed by atoms with Gasteiger partial charge in [0.25, 0.3) is 5.69 Å². The van der Waals surface area contributed by atoms with Crippen molar-refractivity contribution < 1.29 is 28.3 Å². The van der Waals surface area contributed by atoms with Crippen LogP contribution < -0.4 is 14.2 Å². The molecule has 4 rings (SSSR count). The fraction of sp³-hybridized carbons (Fsp3) is 0.240. The number of nitro groups is 1. The molecule has 9 nitrogen and oxygen atoms in total. The number of fused-ring (bicyclic) bond motifs is 1. The van der Waals surface area contributed by atoms with Gasteiger partial charge in [0.05, 0.1) is 31.4 Å². The molecule has 1 aromatic heterocycles. The van der Waals surface area contributed by atoms with Gasteiger partial charge >= 0.3 is 0 Å². The number of hydrogen-bond acceptors (Lipinski definition) is 7. The summed E-state index contributed by atoms with van der Waals surface area (Å²) in [5.41, 5.74) is 1.91. The third-order valence-electron chi connectivity index (χ3n) is 5.67. The Morgan fingerprint density at radius 3 is 2.56 bits per heavy atom. The zero-order valence-electron chi connectivity index (χ0n) is 18.8. The van der Waals surface area contributed by atoms with Gasteiger partial charge in [-0.25, -0.2) is 0 Å². The second-order valence-electron chi connectivity index (χ2n) is 7.61. The summed E-state index contributed by atoms with van der Waals surface area (Å²) in [5, 5.41) is 10.9. The predicted octanol–water partition coefficient (Wildman–Crippen LogP) is 4.42. The van der Waals surface area contributed by atoms with E-state index in [4.69, 9.17) is 18.6 Å². The highest BCUT2D eigenvalue weighted by atomic mass is 16.6. The lowest BCUT2D eigenvalue weighted by Gasteiger charge is -2.37. The van der Waals surface area contributed by atoms with E-state index in [0.717, 1.165) is 11.1 Å². The minimum Gasteiger partial charge on any atom is -0.493 e. The molecular weight excluding hydrogens is 440 g/mol. The first-order valence-electron chi connectivity index (χ1n) is 10.6. The average molecular weight is 464 g/mol. The van der Waals surface area contributed by atoms with Gasteiger partial charge in [0.1, 0.15) is 18.1 Å². The van der Waals surface area contributed by atoms with Gasteiger partial charge in [-0.05, 0) is 60.0 Å². The summed E-state index contributed by atoms with van der Waals surface area (Å²) in [5.74, 6) is 2.04. The van der Waals surface area contributed by atoms with E-state index < -0.39 is 11.0 Å². The molecule has 0 N–H and O–H groups in total. The van der Waals surface area contributed by atoms with Crippen LogP contribution in [0, 0.1) is 10.1 Å². The molecule has 1 amide bonds. The zero-order valence-corrected chi connectivity index (χ0v) is 18.8. The van der Waals surface area contributed by atoms with Crippen LogP contribution in [0.4, 0.5) is 5.69 Å². The molecule has 0 fully saturated rings. The highest BCUT2D eigenvalue weighted by Crippen LogP contribution is 2.38. The number of ether oxygens (including phenoxy) is 3. The summed E-state index contributed by atoms with van der Waals surface area (Å²) in [6, 6.07) is 12.7. The molecule has 0 spiro atoms. The number of non-ortho nitro benzene ring substituents is 1. The number of nitro benzene ring substituents is 1. The molecule has 0 saturated heterocycles. The van der Waals surface area contributed by atoms with Crippen molar-refractivity contribution in [3.8, 4) is 17.2 Å². The number of rotatable bonds is 8. The van der Waals surface area contributed by atoms with Crippen LogP contribution in [0.2, 0.25) is 0 Å². The van der Waals surface area contributed by atoms with Crippen LogP contribution in [0.15, 0.2) is 65.3 Å². The second-order valence-corrected chi connectivity index (χ2v) is 7.61. The summed E-state index contributed by atoms with van der Waals surface area (Å²) < 4.78 is 22.2. The molecule has 2 aromatic carbocycles. The molecule has 9 heteroatoms. The molecular formula is C25H24N2O7. The second kappa shape index (κ2) is 10.1. The highest BCUT2D eigenvalue weighted by Gasteiger charge is 2.32. The Hall–Kier alpha value is -4.27. The van der Waals surface area contributed by atoms with Crippen molar-refractivity contribution in [1.82, 2.24) is 4.90 Å². The third kappa shape index (κ3) is 4.88. The minimum atomic E-state index is -0.466. The summed E-state index contributed by atoms with van der Waals surface area (Å²) in [7, 11) is 3.14. The average Bonchev–Trinajstić information content (AvgIpc) is 3.38. The van der Waals surface area contributed by atoms with E-state index in [1.807, 2.05) is 12.1 Å². The van der Waals surface area contributed by atoms with E-state index in [1.165, 1.54) is 18.2 Å². The van der Waals surface area contributed by atoms with Crippen LogP contribution >= 0.6 is 0 Å². The van der Waals surface area contributed by atoms with Gasteiger partial charge in [-0.3, -0.25) is 14.9 Å². The summed E-state index contributed by atoms with van der Waals surface area (Å²) in [4.78, 5) is 25.3. The summed E-state index contributed by atoms with van der Waals surface area (Å²) in [6.07, 6.45) is 5.29. The Morgan fingerprint density at radius 2 is 1.91 bits per heavy atom. The molecule has 1 aliphatic heterocycles. The lowest BCUT2D eigenvalue weighted by Crippen LogP contribution is -2.41. The third-order valence-corrected chi connectivity index (χ3v) is 5.67. The van der Waals surface area contributed by atoms with Crippen molar-refractivity contribution in [2.24, 2.45) is 0 Å². The van der Waals surface area contributed by atoms with Gasteiger partial charge in [-0.1, -0.05) is 0 Å². The molecule has 0 unspecified atom stereocenters. The number of amides is 1. The van der Waals surface area contributed by atoms with Crippen LogP contribution in [0.1, 0.15) is 22.9 Å². The molecule has 3 aromatic rings.